The fraction of sp³-hybridized carbons (Fsp3) is 0.238. The number of pyridine rings is 1. The van der Waals surface area contributed by atoms with Crippen LogP contribution in [0.5, 0.6) is 11.5 Å². The molecule has 0 bridgehead atoms. The Hall–Kier alpha value is -3.53. The van der Waals surface area contributed by atoms with E-state index in [9.17, 15) is 23.4 Å². The molecule has 1 aliphatic heterocycles. The molecule has 0 amide bonds. The largest absolute Gasteiger partial charge is 0.508 e. The van der Waals surface area contributed by atoms with E-state index < -0.39 is 15.6 Å². The number of phenolic OH excluding ortho intramolecular Hbond substituents is 1. The van der Waals surface area contributed by atoms with E-state index in [2.05, 4.69) is 15.1 Å². The number of para-hydroxylation sites is 1. The third kappa shape index (κ3) is 3.19. The van der Waals surface area contributed by atoms with E-state index in [0.29, 0.717) is 10.9 Å². The van der Waals surface area contributed by atoms with Crippen LogP contribution in [0.2, 0.25) is 0 Å². The Kier molecular flexibility index (Phi) is 4.40. The minimum absolute atomic E-state index is 0.104. The molecule has 1 fully saturated rings. The summed E-state index contributed by atoms with van der Waals surface area (Å²) >= 11 is 0. The zero-order valence-electron chi connectivity index (χ0n) is 16.4. The summed E-state index contributed by atoms with van der Waals surface area (Å²) in [5.41, 5.74) is 3.03. The summed E-state index contributed by atoms with van der Waals surface area (Å²) in [5, 5.41) is 23.8. The number of hydrogen-bond donors (Lipinski definition) is 4. The molecule has 10 heteroatoms. The summed E-state index contributed by atoms with van der Waals surface area (Å²) in [4.78, 5) is 13.2. The summed E-state index contributed by atoms with van der Waals surface area (Å²) in [7, 11) is -4.20. The van der Waals surface area contributed by atoms with Gasteiger partial charge in [-0.05, 0) is 37.1 Å². The molecule has 2 aliphatic rings. The van der Waals surface area contributed by atoms with E-state index in [1.807, 2.05) is 0 Å². The first kappa shape index (κ1) is 19.4. The third-order valence-corrected chi connectivity index (χ3v) is 6.98. The standard InChI is InChI=1S/C21H20N4O5S/c26-13-9-10-15-17(11-13)31(29,30)24-20(22-15)18-19(27)14-7-3-4-8-16(14)25(21(18)28)23-12-5-1-2-6-12/h3-4,7-12,23,26-27H,1-2,5-6H2,(H,22,24). The molecule has 2 heterocycles. The summed E-state index contributed by atoms with van der Waals surface area (Å²) in [6, 6.07) is 10.7. The molecule has 4 N–H and O–H groups in total. The van der Waals surface area contributed by atoms with Gasteiger partial charge in [0.15, 0.2) is 5.84 Å². The second-order valence-electron chi connectivity index (χ2n) is 7.71. The number of hydrogen-bond acceptors (Lipinski definition) is 7. The zero-order chi connectivity index (χ0) is 21.8. The highest BCUT2D eigenvalue weighted by Gasteiger charge is 2.30. The molecule has 0 atom stereocenters. The SMILES string of the molecule is O=c1c(C2=NS(=O)(=O)c3cc(O)ccc3N2)c(O)c2ccccc2n1NC1CCCC1. The Balaban J connectivity index is 1.73. The Labute approximate surface area is 177 Å². The Morgan fingerprint density at radius 3 is 2.61 bits per heavy atom. The van der Waals surface area contributed by atoms with Crippen molar-refractivity contribution >= 4 is 32.4 Å². The normalized spacial score (nSPS) is 17.7. The van der Waals surface area contributed by atoms with Crippen molar-refractivity contribution in [3.05, 3.63) is 58.4 Å². The van der Waals surface area contributed by atoms with Crippen molar-refractivity contribution in [3.8, 4) is 11.5 Å². The highest BCUT2D eigenvalue weighted by atomic mass is 32.2. The van der Waals surface area contributed by atoms with Gasteiger partial charge in [0.05, 0.1) is 11.2 Å². The van der Waals surface area contributed by atoms with Crippen LogP contribution in [0.1, 0.15) is 31.2 Å². The topological polar surface area (TPSA) is 133 Å². The molecule has 0 radical (unpaired) electrons. The first-order chi connectivity index (χ1) is 14.8. The van der Waals surface area contributed by atoms with Crippen LogP contribution < -0.4 is 16.3 Å². The highest BCUT2D eigenvalue weighted by molar-refractivity contribution is 7.90. The summed E-state index contributed by atoms with van der Waals surface area (Å²) in [6.07, 6.45) is 3.96. The quantitative estimate of drug-likeness (QED) is 0.460. The molecule has 0 spiro atoms. The maximum Gasteiger partial charge on any atom is 0.286 e. The monoisotopic (exact) mass is 440 g/mol. The van der Waals surface area contributed by atoms with Crippen LogP contribution in [0.15, 0.2) is 56.6 Å². The lowest BCUT2D eigenvalue weighted by Gasteiger charge is -2.22. The van der Waals surface area contributed by atoms with E-state index in [1.54, 1.807) is 24.3 Å². The van der Waals surface area contributed by atoms with Gasteiger partial charge in [-0.3, -0.25) is 4.79 Å². The van der Waals surface area contributed by atoms with Gasteiger partial charge in [0.2, 0.25) is 0 Å². The fourth-order valence-corrected chi connectivity index (χ4v) is 5.30. The number of phenols is 1. The molecule has 1 saturated carbocycles. The van der Waals surface area contributed by atoms with Crippen molar-refractivity contribution in [1.29, 1.82) is 0 Å². The van der Waals surface area contributed by atoms with Gasteiger partial charge in [0.1, 0.15) is 22.0 Å². The number of benzene rings is 2. The lowest BCUT2D eigenvalue weighted by Crippen LogP contribution is -2.39. The Bertz CT molecular complexity index is 1410. The van der Waals surface area contributed by atoms with Crippen LogP contribution in [0.4, 0.5) is 5.69 Å². The van der Waals surface area contributed by atoms with Crippen LogP contribution in [-0.4, -0.2) is 35.2 Å². The predicted octanol–water partition coefficient (Wildman–Crippen LogP) is 2.46. The Morgan fingerprint density at radius 1 is 1.10 bits per heavy atom. The van der Waals surface area contributed by atoms with Crippen molar-refractivity contribution in [2.45, 2.75) is 36.6 Å². The van der Waals surface area contributed by atoms with Gasteiger partial charge in [0.25, 0.3) is 15.6 Å². The molecule has 2 aromatic carbocycles. The van der Waals surface area contributed by atoms with E-state index in [4.69, 9.17) is 0 Å². The molecule has 1 aliphatic carbocycles. The second kappa shape index (κ2) is 7.02. The van der Waals surface area contributed by atoms with Gasteiger partial charge in [-0.2, -0.15) is 8.42 Å². The van der Waals surface area contributed by atoms with Crippen molar-refractivity contribution in [3.63, 3.8) is 0 Å². The molecular weight excluding hydrogens is 420 g/mol. The molecule has 5 rings (SSSR count). The van der Waals surface area contributed by atoms with Gasteiger partial charge in [-0.1, -0.05) is 25.0 Å². The van der Waals surface area contributed by atoms with E-state index in [-0.39, 0.29) is 39.5 Å². The number of rotatable bonds is 3. The third-order valence-electron chi connectivity index (χ3n) is 5.67. The Morgan fingerprint density at radius 2 is 1.84 bits per heavy atom. The molecular formula is C21H20N4O5S. The summed E-state index contributed by atoms with van der Waals surface area (Å²) < 4.78 is 30.5. The van der Waals surface area contributed by atoms with Crippen molar-refractivity contribution in [1.82, 2.24) is 4.68 Å². The average molecular weight is 440 g/mol. The lowest BCUT2D eigenvalue weighted by molar-refractivity contribution is 0.473. The fourth-order valence-electron chi connectivity index (χ4n) is 4.16. The summed E-state index contributed by atoms with van der Waals surface area (Å²) in [6.45, 7) is 0. The number of sulfonamides is 1. The van der Waals surface area contributed by atoms with Crippen molar-refractivity contribution < 1.29 is 18.6 Å². The molecule has 0 saturated heterocycles. The minimum atomic E-state index is -4.20. The number of aromatic hydroxyl groups is 2. The molecule has 160 valence electrons. The molecule has 1 aromatic heterocycles. The molecule has 9 nitrogen and oxygen atoms in total. The second-order valence-corrected chi connectivity index (χ2v) is 9.28. The van der Waals surface area contributed by atoms with Crippen molar-refractivity contribution in [2.75, 3.05) is 10.7 Å². The number of nitrogens with zero attached hydrogens (tertiary/aromatic N) is 2. The van der Waals surface area contributed by atoms with E-state index in [1.165, 1.54) is 16.8 Å². The molecule has 31 heavy (non-hydrogen) atoms. The van der Waals surface area contributed by atoms with Gasteiger partial charge < -0.3 is 21.0 Å². The van der Waals surface area contributed by atoms with Gasteiger partial charge in [-0.25, -0.2) is 4.68 Å². The van der Waals surface area contributed by atoms with Crippen LogP contribution in [0.3, 0.4) is 0 Å². The average Bonchev–Trinajstić information content (AvgIpc) is 3.25. The maximum absolute atomic E-state index is 13.5. The van der Waals surface area contributed by atoms with Crippen LogP contribution >= 0.6 is 0 Å². The number of amidine groups is 1. The zero-order valence-corrected chi connectivity index (χ0v) is 17.2. The lowest BCUT2D eigenvalue weighted by atomic mass is 10.1. The van der Waals surface area contributed by atoms with Crippen LogP contribution in [-0.2, 0) is 10.0 Å². The van der Waals surface area contributed by atoms with Crippen LogP contribution in [0, 0.1) is 0 Å². The summed E-state index contributed by atoms with van der Waals surface area (Å²) in [5.74, 6) is -0.846. The predicted molar refractivity (Wildman–Crippen MR) is 117 cm³/mol. The molecule has 3 aromatic rings. The number of aromatic nitrogens is 1. The van der Waals surface area contributed by atoms with Gasteiger partial charge in [0, 0.05) is 17.5 Å². The molecule has 0 unspecified atom stereocenters. The van der Waals surface area contributed by atoms with Gasteiger partial charge >= 0.3 is 0 Å². The van der Waals surface area contributed by atoms with Crippen molar-refractivity contribution in [2.24, 2.45) is 4.40 Å². The smallest absolute Gasteiger partial charge is 0.286 e. The number of fused-ring (bicyclic) bond motifs is 2. The first-order valence-electron chi connectivity index (χ1n) is 9.94. The number of anilines is 1. The van der Waals surface area contributed by atoms with Gasteiger partial charge in [-0.15, -0.1) is 4.40 Å². The number of nitrogens with one attached hydrogen (secondary N) is 2. The van der Waals surface area contributed by atoms with Crippen LogP contribution in [0.25, 0.3) is 10.9 Å². The highest BCUT2D eigenvalue weighted by Crippen LogP contribution is 2.34. The van der Waals surface area contributed by atoms with E-state index in [0.717, 1.165) is 31.7 Å². The van der Waals surface area contributed by atoms with E-state index >= 15 is 0 Å². The minimum Gasteiger partial charge on any atom is -0.508 e. The maximum atomic E-state index is 13.5. The first-order valence-corrected chi connectivity index (χ1v) is 11.4.